The fourth-order valence-electron chi connectivity index (χ4n) is 2.62. The van der Waals surface area contributed by atoms with E-state index in [0.717, 1.165) is 32.1 Å². The molecule has 0 aliphatic heterocycles. The zero-order valence-corrected chi connectivity index (χ0v) is 13.9. The highest BCUT2D eigenvalue weighted by Crippen LogP contribution is 2.32. The van der Waals surface area contributed by atoms with Crippen molar-refractivity contribution in [2.75, 3.05) is 0 Å². The lowest BCUT2D eigenvalue weighted by atomic mass is 10.0. The van der Waals surface area contributed by atoms with Crippen LogP contribution in [-0.4, -0.2) is 5.11 Å². The zero-order valence-electron chi connectivity index (χ0n) is 12.3. The van der Waals surface area contributed by atoms with Crippen LogP contribution in [0.3, 0.4) is 0 Å². The van der Waals surface area contributed by atoms with Crippen molar-refractivity contribution in [1.29, 1.82) is 0 Å². The minimum absolute atomic E-state index is 0.580. The second-order valence-electron chi connectivity index (χ2n) is 5.56. The summed E-state index contributed by atoms with van der Waals surface area (Å²) in [6, 6.07) is 11.9. The Bertz CT molecular complexity index is 794. The molecule has 1 atom stereocenters. The van der Waals surface area contributed by atoms with Gasteiger partial charge in [0.25, 0.3) is 0 Å². The number of benzene rings is 2. The summed E-state index contributed by atoms with van der Waals surface area (Å²) in [5.41, 5.74) is 5.05. The van der Waals surface area contributed by atoms with Gasteiger partial charge in [0.05, 0.1) is 0 Å². The predicted octanol–water partition coefficient (Wildman–Crippen LogP) is 5.20. The Labute approximate surface area is 132 Å². The quantitative estimate of drug-likeness (QED) is 0.692. The number of fused-ring (bicyclic) bond motifs is 1. The second kappa shape index (κ2) is 5.32. The van der Waals surface area contributed by atoms with Crippen LogP contribution in [0.5, 0.6) is 0 Å². The lowest BCUT2D eigenvalue weighted by molar-refractivity contribution is 0.192. The van der Waals surface area contributed by atoms with Crippen LogP contribution in [0.25, 0.3) is 11.0 Å². The molecule has 3 aromatic rings. The molecule has 2 aromatic carbocycles. The van der Waals surface area contributed by atoms with E-state index in [-0.39, 0.29) is 0 Å². The molecule has 3 heteroatoms. The van der Waals surface area contributed by atoms with E-state index < -0.39 is 6.10 Å². The highest BCUT2D eigenvalue weighted by molar-refractivity contribution is 9.10. The van der Waals surface area contributed by atoms with Gasteiger partial charge in [0.1, 0.15) is 17.4 Å². The summed E-state index contributed by atoms with van der Waals surface area (Å²) in [6.45, 7) is 6.09. The molecule has 0 bridgehead atoms. The lowest BCUT2D eigenvalue weighted by Gasteiger charge is -2.12. The highest BCUT2D eigenvalue weighted by Gasteiger charge is 2.17. The van der Waals surface area contributed by atoms with Crippen molar-refractivity contribution in [1.82, 2.24) is 0 Å². The van der Waals surface area contributed by atoms with E-state index in [4.69, 9.17) is 4.42 Å². The second-order valence-corrected chi connectivity index (χ2v) is 6.35. The average molecular weight is 345 g/mol. The Balaban J connectivity index is 2.05. The maximum Gasteiger partial charge on any atom is 0.138 e. The highest BCUT2D eigenvalue weighted by atomic mass is 79.9. The Morgan fingerprint density at radius 3 is 2.33 bits per heavy atom. The fraction of sp³-hybridized carbons (Fsp3) is 0.222. The van der Waals surface area contributed by atoms with E-state index in [2.05, 4.69) is 22.0 Å². The van der Waals surface area contributed by atoms with Gasteiger partial charge in [0.2, 0.25) is 0 Å². The van der Waals surface area contributed by atoms with Crippen LogP contribution in [0.2, 0.25) is 0 Å². The van der Waals surface area contributed by atoms with E-state index >= 15 is 0 Å². The molecule has 3 rings (SSSR count). The summed E-state index contributed by atoms with van der Waals surface area (Å²) in [5.74, 6) is 0.580. The van der Waals surface area contributed by atoms with Gasteiger partial charge in [-0.2, -0.15) is 0 Å². The third-order valence-electron chi connectivity index (χ3n) is 3.73. The first kappa shape index (κ1) is 14.4. The van der Waals surface area contributed by atoms with Gasteiger partial charge in [0.15, 0.2) is 0 Å². The molecule has 0 amide bonds. The first-order valence-electron chi connectivity index (χ1n) is 6.90. The minimum atomic E-state index is -0.747. The summed E-state index contributed by atoms with van der Waals surface area (Å²) >= 11 is 3.55. The largest absolute Gasteiger partial charge is 0.458 e. The number of aryl methyl sites for hydroxylation is 3. The van der Waals surface area contributed by atoms with Crippen LogP contribution < -0.4 is 0 Å². The van der Waals surface area contributed by atoms with Crippen LogP contribution in [0, 0.1) is 20.8 Å². The molecule has 1 heterocycles. The number of aliphatic hydroxyl groups excluding tert-OH is 1. The van der Waals surface area contributed by atoms with E-state index in [0.29, 0.717) is 5.76 Å². The number of hydrogen-bond donors (Lipinski definition) is 1. The Hall–Kier alpha value is -1.58. The summed E-state index contributed by atoms with van der Waals surface area (Å²) in [6.07, 6.45) is -0.747. The number of rotatable bonds is 2. The Kier molecular flexibility index (Phi) is 3.64. The van der Waals surface area contributed by atoms with Crippen LogP contribution >= 0.6 is 15.9 Å². The van der Waals surface area contributed by atoms with Gasteiger partial charge in [0, 0.05) is 9.86 Å². The average Bonchev–Trinajstić information content (AvgIpc) is 2.86. The van der Waals surface area contributed by atoms with Gasteiger partial charge < -0.3 is 9.52 Å². The molecule has 108 valence electrons. The molecule has 2 nitrogen and oxygen atoms in total. The smallest absolute Gasteiger partial charge is 0.138 e. The van der Waals surface area contributed by atoms with Crippen molar-refractivity contribution in [3.05, 3.63) is 68.9 Å². The minimum Gasteiger partial charge on any atom is -0.458 e. The van der Waals surface area contributed by atoms with Gasteiger partial charge in [-0.25, -0.2) is 0 Å². The normalized spacial score (nSPS) is 12.8. The van der Waals surface area contributed by atoms with Crippen LogP contribution in [0.1, 0.15) is 34.1 Å². The fourth-order valence-corrected chi connectivity index (χ4v) is 2.85. The molecule has 1 unspecified atom stereocenters. The van der Waals surface area contributed by atoms with Gasteiger partial charge in [-0.1, -0.05) is 39.7 Å². The molecule has 0 aliphatic carbocycles. The van der Waals surface area contributed by atoms with Crippen molar-refractivity contribution in [3.8, 4) is 0 Å². The van der Waals surface area contributed by atoms with Gasteiger partial charge >= 0.3 is 0 Å². The molecular weight excluding hydrogens is 328 g/mol. The topological polar surface area (TPSA) is 33.4 Å². The molecule has 0 radical (unpaired) electrons. The monoisotopic (exact) mass is 344 g/mol. The maximum absolute atomic E-state index is 10.6. The summed E-state index contributed by atoms with van der Waals surface area (Å²) < 4.78 is 6.87. The third-order valence-corrected chi connectivity index (χ3v) is 4.99. The molecule has 0 spiro atoms. The standard InChI is InChI=1S/C18H17BrO2/c1-10-4-5-15-13(6-10)9-16(21-15)18(20)14-7-11(2)17(19)12(3)8-14/h4-9,18,20H,1-3H3. The number of halogens is 1. The van der Waals surface area contributed by atoms with E-state index in [1.807, 2.05) is 51.1 Å². The molecule has 1 N–H and O–H groups in total. The van der Waals surface area contributed by atoms with E-state index in [1.165, 1.54) is 5.56 Å². The van der Waals surface area contributed by atoms with Crippen LogP contribution in [0.15, 0.2) is 45.3 Å². The van der Waals surface area contributed by atoms with Crippen molar-refractivity contribution in [3.63, 3.8) is 0 Å². The zero-order chi connectivity index (χ0) is 15.1. The first-order chi connectivity index (χ1) is 9.95. The summed E-state index contributed by atoms with van der Waals surface area (Å²) in [7, 11) is 0. The van der Waals surface area contributed by atoms with Crippen molar-refractivity contribution in [2.24, 2.45) is 0 Å². The molecule has 0 saturated heterocycles. The van der Waals surface area contributed by atoms with Gasteiger partial charge in [-0.15, -0.1) is 0 Å². The Morgan fingerprint density at radius 1 is 1.00 bits per heavy atom. The maximum atomic E-state index is 10.6. The van der Waals surface area contributed by atoms with E-state index in [1.54, 1.807) is 0 Å². The van der Waals surface area contributed by atoms with E-state index in [9.17, 15) is 5.11 Å². The third kappa shape index (κ3) is 2.63. The first-order valence-corrected chi connectivity index (χ1v) is 7.70. The number of aliphatic hydroxyl groups is 1. The molecule has 21 heavy (non-hydrogen) atoms. The molecule has 1 aromatic heterocycles. The predicted molar refractivity (Wildman–Crippen MR) is 88.6 cm³/mol. The molecular formula is C18H17BrO2. The van der Waals surface area contributed by atoms with Gasteiger partial charge in [-0.05, 0) is 55.7 Å². The molecule has 0 saturated carbocycles. The lowest BCUT2D eigenvalue weighted by Crippen LogP contribution is -1.99. The summed E-state index contributed by atoms with van der Waals surface area (Å²) in [4.78, 5) is 0. The number of furan rings is 1. The van der Waals surface area contributed by atoms with Crippen molar-refractivity contribution >= 4 is 26.9 Å². The molecule has 0 aliphatic rings. The Morgan fingerprint density at radius 2 is 1.67 bits per heavy atom. The van der Waals surface area contributed by atoms with Crippen molar-refractivity contribution < 1.29 is 9.52 Å². The number of hydrogen-bond acceptors (Lipinski definition) is 2. The van der Waals surface area contributed by atoms with Crippen molar-refractivity contribution in [2.45, 2.75) is 26.9 Å². The molecule has 0 fully saturated rings. The van der Waals surface area contributed by atoms with Crippen LogP contribution in [0.4, 0.5) is 0 Å². The van der Waals surface area contributed by atoms with Gasteiger partial charge in [-0.3, -0.25) is 0 Å². The SMILES string of the molecule is Cc1ccc2oc(C(O)c3cc(C)c(Br)c(C)c3)cc2c1. The van der Waals surface area contributed by atoms with Crippen LogP contribution in [-0.2, 0) is 0 Å². The summed E-state index contributed by atoms with van der Waals surface area (Å²) in [5, 5.41) is 11.6.